The van der Waals surface area contributed by atoms with Crippen molar-refractivity contribution in [2.45, 2.75) is 20.3 Å². The van der Waals surface area contributed by atoms with Crippen LogP contribution in [-0.4, -0.2) is 23.4 Å². The van der Waals surface area contributed by atoms with Gasteiger partial charge in [0.05, 0.1) is 18.5 Å². The Bertz CT molecular complexity index is 195. The van der Waals surface area contributed by atoms with Crippen LogP contribution in [-0.2, 0) is 9.59 Å². The highest BCUT2D eigenvalue weighted by atomic mass is 16.2. The second kappa shape index (κ2) is 3.23. The maximum Gasteiger partial charge on any atom is 0.234 e. The first-order chi connectivity index (χ1) is 5.75. The monoisotopic (exact) mass is 170 g/mol. The first-order valence-electron chi connectivity index (χ1n) is 4.31. The van der Waals surface area contributed by atoms with Crippen molar-refractivity contribution in [1.29, 1.82) is 0 Å². The van der Waals surface area contributed by atoms with Gasteiger partial charge in [-0.15, -0.1) is 0 Å². The Morgan fingerprint density at radius 1 is 1.33 bits per heavy atom. The van der Waals surface area contributed by atoms with Crippen LogP contribution in [0, 0.1) is 11.8 Å². The average Bonchev–Trinajstić information content (AvgIpc) is 2.83. The lowest BCUT2D eigenvalue weighted by molar-refractivity contribution is -0.141. The molecular formula is C8H14N2O2. The molecule has 0 aromatic heterocycles. The van der Waals surface area contributed by atoms with Gasteiger partial charge in [-0.25, -0.2) is 0 Å². The van der Waals surface area contributed by atoms with Crippen LogP contribution in [0.2, 0.25) is 0 Å². The highest BCUT2D eigenvalue weighted by molar-refractivity contribution is 6.08. The summed E-state index contributed by atoms with van der Waals surface area (Å²) in [5.41, 5.74) is 5.18. The number of carbonyl (C=O) groups excluding carboxylic acids is 2. The largest absolute Gasteiger partial charge is 0.313 e. The van der Waals surface area contributed by atoms with Crippen LogP contribution in [0.3, 0.4) is 0 Å². The van der Waals surface area contributed by atoms with Crippen LogP contribution >= 0.6 is 0 Å². The summed E-state index contributed by atoms with van der Waals surface area (Å²) in [6.45, 7) is 4.05. The highest BCUT2D eigenvalue weighted by Crippen LogP contribution is 2.46. The van der Waals surface area contributed by atoms with E-state index in [-0.39, 0.29) is 30.3 Å². The molecule has 1 saturated carbocycles. The Kier molecular flexibility index (Phi) is 2.47. The summed E-state index contributed by atoms with van der Waals surface area (Å²) in [4.78, 5) is 23.2. The van der Waals surface area contributed by atoms with Gasteiger partial charge in [-0.1, -0.05) is 13.8 Å². The van der Waals surface area contributed by atoms with Gasteiger partial charge in [0.2, 0.25) is 11.8 Å². The fraction of sp³-hybridized carbons (Fsp3) is 0.750. The van der Waals surface area contributed by atoms with E-state index in [4.69, 9.17) is 5.73 Å². The number of fused-ring (bicyclic) bond motifs is 1. The van der Waals surface area contributed by atoms with Gasteiger partial charge in [0, 0.05) is 0 Å². The van der Waals surface area contributed by atoms with E-state index in [1.54, 1.807) is 0 Å². The van der Waals surface area contributed by atoms with Crippen LogP contribution in [0.1, 0.15) is 20.3 Å². The van der Waals surface area contributed by atoms with Gasteiger partial charge in [-0.2, -0.15) is 0 Å². The second-order valence-electron chi connectivity index (χ2n) is 2.74. The molecule has 2 atom stereocenters. The predicted octanol–water partition coefficient (Wildman–Crippen LogP) is -0.0663. The third kappa shape index (κ3) is 1.12. The zero-order chi connectivity index (χ0) is 9.30. The predicted molar refractivity (Wildman–Crippen MR) is 43.9 cm³/mol. The SMILES string of the molecule is CC.NCN1C(=O)C2CC2C1=O. The molecular weight excluding hydrogens is 156 g/mol. The molecule has 2 unspecified atom stereocenters. The fourth-order valence-electron chi connectivity index (χ4n) is 1.43. The number of imide groups is 1. The summed E-state index contributed by atoms with van der Waals surface area (Å²) in [7, 11) is 0. The minimum Gasteiger partial charge on any atom is -0.313 e. The first kappa shape index (κ1) is 9.19. The average molecular weight is 170 g/mol. The van der Waals surface area contributed by atoms with Crippen molar-refractivity contribution in [3.63, 3.8) is 0 Å². The minimum atomic E-state index is -0.0718. The highest BCUT2D eigenvalue weighted by Gasteiger charge is 2.58. The molecule has 4 nitrogen and oxygen atoms in total. The molecule has 0 aromatic rings. The van der Waals surface area contributed by atoms with Crippen LogP contribution in [0.4, 0.5) is 0 Å². The number of hydrogen-bond donors (Lipinski definition) is 1. The van der Waals surface area contributed by atoms with Crippen molar-refractivity contribution in [3.05, 3.63) is 0 Å². The Morgan fingerprint density at radius 3 is 2.00 bits per heavy atom. The summed E-state index contributed by atoms with van der Waals surface area (Å²) < 4.78 is 0. The van der Waals surface area contributed by atoms with Crippen molar-refractivity contribution in [1.82, 2.24) is 4.90 Å². The number of amides is 2. The van der Waals surface area contributed by atoms with Crippen molar-refractivity contribution in [2.75, 3.05) is 6.67 Å². The maximum atomic E-state index is 11.0. The van der Waals surface area contributed by atoms with Gasteiger partial charge in [0.15, 0.2) is 0 Å². The smallest absolute Gasteiger partial charge is 0.234 e. The van der Waals surface area contributed by atoms with E-state index in [9.17, 15) is 9.59 Å². The molecule has 2 fully saturated rings. The standard InChI is InChI=1S/C6H8N2O2.C2H6/c7-2-8-5(9)3-1-4(3)6(8)10;1-2/h3-4H,1-2,7H2;1-2H3. The van der Waals surface area contributed by atoms with Crippen molar-refractivity contribution < 1.29 is 9.59 Å². The van der Waals surface area contributed by atoms with Crippen molar-refractivity contribution >= 4 is 11.8 Å². The number of likely N-dealkylation sites (tertiary alicyclic amines) is 1. The molecule has 0 bridgehead atoms. The van der Waals surface area contributed by atoms with Gasteiger partial charge < -0.3 is 5.73 Å². The maximum absolute atomic E-state index is 11.0. The molecule has 1 heterocycles. The molecule has 12 heavy (non-hydrogen) atoms. The Balaban J connectivity index is 0.000000336. The van der Waals surface area contributed by atoms with Crippen molar-refractivity contribution in [3.8, 4) is 0 Å². The molecule has 2 rings (SSSR count). The summed E-state index contributed by atoms with van der Waals surface area (Å²) in [5, 5.41) is 0. The van der Waals surface area contributed by atoms with Gasteiger partial charge in [0.1, 0.15) is 0 Å². The number of nitrogens with two attached hydrogens (primary N) is 1. The zero-order valence-electron chi connectivity index (χ0n) is 7.41. The van der Waals surface area contributed by atoms with E-state index in [0.717, 1.165) is 11.3 Å². The van der Waals surface area contributed by atoms with E-state index in [2.05, 4.69) is 0 Å². The Morgan fingerprint density at radius 2 is 1.75 bits per heavy atom. The van der Waals surface area contributed by atoms with Gasteiger partial charge in [0.25, 0.3) is 0 Å². The molecule has 0 radical (unpaired) electrons. The van der Waals surface area contributed by atoms with Crippen LogP contribution in [0.25, 0.3) is 0 Å². The molecule has 2 N–H and O–H groups in total. The number of rotatable bonds is 1. The van der Waals surface area contributed by atoms with E-state index in [0.29, 0.717) is 0 Å². The molecule has 68 valence electrons. The van der Waals surface area contributed by atoms with E-state index in [1.807, 2.05) is 13.8 Å². The second-order valence-corrected chi connectivity index (χ2v) is 2.74. The summed E-state index contributed by atoms with van der Waals surface area (Å²) in [6, 6.07) is 0. The number of hydrogen-bond acceptors (Lipinski definition) is 3. The topological polar surface area (TPSA) is 63.4 Å². The summed E-state index contributed by atoms with van der Waals surface area (Å²) in [6.07, 6.45) is 0.758. The van der Waals surface area contributed by atoms with E-state index in [1.165, 1.54) is 0 Å². The van der Waals surface area contributed by atoms with Crippen LogP contribution < -0.4 is 5.73 Å². The van der Waals surface area contributed by atoms with Crippen molar-refractivity contribution in [2.24, 2.45) is 17.6 Å². The van der Waals surface area contributed by atoms with Gasteiger partial charge in [-0.05, 0) is 6.42 Å². The quantitative estimate of drug-likeness (QED) is 0.560. The van der Waals surface area contributed by atoms with Crippen LogP contribution in [0.15, 0.2) is 0 Å². The Hall–Kier alpha value is -0.900. The fourth-order valence-corrected chi connectivity index (χ4v) is 1.43. The molecule has 1 saturated heterocycles. The minimum absolute atomic E-state index is 0.00366. The Labute approximate surface area is 71.7 Å². The molecule has 4 heteroatoms. The molecule has 0 aromatic carbocycles. The summed E-state index contributed by atoms with van der Waals surface area (Å²) in [5.74, 6) is -0.151. The summed E-state index contributed by atoms with van der Waals surface area (Å²) >= 11 is 0. The molecule has 2 amide bonds. The lowest BCUT2D eigenvalue weighted by Crippen LogP contribution is -2.37. The zero-order valence-corrected chi connectivity index (χ0v) is 7.41. The first-order valence-corrected chi connectivity index (χ1v) is 4.31. The number of nitrogens with zero attached hydrogens (tertiary/aromatic N) is 1. The lowest BCUT2D eigenvalue weighted by atomic mass is 10.4. The molecule has 2 aliphatic rings. The third-order valence-corrected chi connectivity index (χ3v) is 2.14. The molecule has 1 aliphatic carbocycles. The van der Waals surface area contributed by atoms with Gasteiger partial charge in [-0.3, -0.25) is 14.5 Å². The van der Waals surface area contributed by atoms with E-state index >= 15 is 0 Å². The van der Waals surface area contributed by atoms with E-state index < -0.39 is 0 Å². The number of piperidine rings is 1. The lowest BCUT2D eigenvalue weighted by Gasteiger charge is -2.11. The van der Waals surface area contributed by atoms with Gasteiger partial charge >= 0.3 is 0 Å². The number of carbonyl (C=O) groups is 2. The normalized spacial score (nSPS) is 31.1. The van der Waals surface area contributed by atoms with Crippen LogP contribution in [0.5, 0.6) is 0 Å². The third-order valence-electron chi connectivity index (χ3n) is 2.14. The molecule has 0 spiro atoms. The molecule has 1 aliphatic heterocycles.